The van der Waals surface area contributed by atoms with Gasteiger partial charge < -0.3 is 4.42 Å². The van der Waals surface area contributed by atoms with Crippen LogP contribution in [0.4, 0.5) is 0 Å². The molecular weight excluding hydrogens is 338 g/mol. The molecule has 5 nitrogen and oxygen atoms in total. The van der Waals surface area contributed by atoms with Crippen molar-refractivity contribution in [2.75, 3.05) is 0 Å². The largest absolute Gasteiger partial charge is 0.419 e. The van der Waals surface area contributed by atoms with E-state index in [9.17, 15) is 13.2 Å². The Bertz CT molecular complexity index is 1060. The van der Waals surface area contributed by atoms with Gasteiger partial charge in [-0.25, -0.2) is 13.2 Å². The van der Waals surface area contributed by atoms with Gasteiger partial charge in [-0.05, 0) is 36.2 Å². The van der Waals surface area contributed by atoms with Crippen molar-refractivity contribution in [1.29, 1.82) is 0 Å². The summed E-state index contributed by atoms with van der Waals surface area (Å²) in [5.74, 6) is -0.731. The van der Waals surface area contributed by atoms with E-state index in [0.717, 1.165) is 0 Å². The van der Waals surface area contributed by atoms with Gasteiger partial charge in [-0.15, -0.1) is 0 Å². The SMILES string of the molecule is Cc1cc2oc(=O)n(C)c2cc1S(=O)(=O)Cc1ccccc1Cl. The van der Waals surface area contributed by atoms with Crippen LogP contribution in [0.3, 0.4) is 0 Å². The van der Waals surface area contributed by atoms with Crippen molar-refractivity contribution in [1.82, 2.24) is 4.57 Å². The van der Waals surface area contributed by atoms with Gasteiger partial charge in [-0.1, -0.05) is 29.8 Å². The number of sulfone groups is 1. The van der Waals surface area contributed by atoms with Crippen LogP contribution >= 0.6 is 11.6 Å². The van der Waals surface area contributed by atoms with E-state index in [2.05, 4.69) is 0 Å². The van der Waals surface area contributed by atoms with Gasteiger partial charge in [-0.2, -0.15) is 0 Å². The highest BCUT2D eigenvalue weighted by Crippen LogP contribution is 2.27. The normalized spacial score (nSPS) is 12.0. The van der Waals surface area contributed by atoms with Crippen LogP contribution in [0.15, 0.2) is 50.5 Å². The van der Waals surface area contributed by atoms with Gasteiger partial charge in [0.1, 0.15) is 0 Å². The highest BCUT2D eigenvalue weighted by molar-refractivity contribution is 7.90. The predicted molar refractivity (Wildman–Crippen MR) is 88.5 cm³/mol. The van der Waals surface area contributed by atoms with E-state index in [1.165, 1.54) is 17.7 Å². The Morgan fingerprint density at radius 2 is 1.91 bits per heavy atom. The molecule has 2 aromatic carbocycles. The van der Waals surface area contributed by atoms with Gasteiger partial charge in [0.25, 0.3) is 0 Å². The van der Waals surface area contributed by atoms with E-state index in [1.807, 2.05) is 0 Å². The monoisotopic (exact) mass is 351 g/mol. The molecule has 0 aliphatic rings. The van der Waals surface area contributed by atoms with Crippen molar-refractivity contribution in [3.8, 4) is 0 Å². The molecule has 0 spiro atoms. The van der Waals surface area contributed by atoms with Crippen LogP contribution in [0.1, 0.15) is 11.1 Å². The number of aromatic nitrogens is 1. The first-order valence-corrected chi connectivity index (χ1v) is 8.89. The second kappa shape index (κ2) is 5.54. The molecule has 3 rings (SSSR count). The highest BCUT2D eigenvalue weighted by atomic mass is 35.5. The fourth-order valence-corrected chi connectivity index (χ4v) is 4.43. The lowest BCUT2D eigenvalue weighted by atomic mass is 10.2. The zero-order valence-electron chi connectivity index (χ0n) is 12.5. The summed E-state index contributed by atoms with van der Waals surface area (Å²) in [4.78, 5) is 11.7. The lowest BCUT2D eigenvalue weighted by Gasteiger charge is -2.09. The first-order chi connectivity index (χ1) is 10.8. The quantitative estimate of drug-likeness (QED) is 0.727. The molecule has 7 heteroatoms. The Morgan fingerprint density at radius 1 is 1.22 bits per heavy atom. The number of benzene rings is 2. The maximum absolute atomic E-state index is 12.8. The van der Waals surface area contributed by atoms with Gasteiger partial charge in [0.05, 0.1) is 16.2 Å². The number of halogens is 1. The smallest absolute Gasteiger partial charge is 0.408 e. The molecule has 1 aromatic heterocycles. The van der Waals surface area contributed by atoms with Gasteiger partial charge in [0, 0.05) is 12.1 Å². The topological polar surface area (TPSA) is 69.3 Å². The second-order valence-electron chi connectivity index (χ2n) is 5.36. The third kappa shape index (κ3) is 2.80. The molecule has 0 aliphatic heterocycles. The maximum atomic E-state index is 12.8. The summed E-state index contributed by atoms with van der Waals surface area (Å²) in [6, 6.07) is 9.87. The Kier molecular flexibility index (Phi) is 3.82. The minimum absolute atomic E-state index is 0.168. The van der Waals surface area contributed by atoms with E-state index >= 15 is 0 Å². The van der Waals surface area contributed by atoms with Crippen molar-refractivity contribution in [2.24, 2.45) is 7.05 Å². The summed E-state index contributed by atoms with van der Waals surface area (Å²) >= 11 is 6.06. The molecule has 0 radical (unpaired) electrons. The average Bonchev–Trinajstić information content (AvgIpc) is 2.75. The van der Waals surface area contributed by atoms with Gasteiger partial charge in [0.15, 0.2) is 15.4 Å². The zero-order valence-corrected chi connectivity index (χ0v) is 14.1. The first-order valence-electron chi connectivity index (χ1n) is 6.86. The summed E-state index contributed by atoms with van der Waals surface area (Å²) in [6.07, 6.45) is 0. The summed E-state index contributed by atoms with van der Waals surface area (Å²) in [7, 11) is -2.07. The number of hydrogen-bond donors (Lipinski definition) is 0. The maximum Gasteiger partial charge on any atom is 0.419 e. The Morgan fingerprint density at radius 3 is 2.61 bits per heavy atom. The van der Waals surface area contributed by atoms with E-state index in [0.29, 0.717) is 27.2 Å². The third-order valence-electron chi connectivity index (χ3n) is 3.73. The van der Waals surface area contributed by atoms with E-state index in [4.69, 9.17) is 16.0 Å². The van der Waals surface area contributed by atoms with Crippen molar-refractivity contribution in [3.05, 3.63) is 63.1 Å². The van der Waals surface area contributed by atoms with Gasteiger partial charge >= 0.3 is 5.76 Å². The Hall–Kier alpha value is -2.05. The molecule has 3 aromatic rings. The third-order valence-corrected chi connectivity index (χ3v) is 5.90. The van der Waals surface area contributed by atoms with Gasteiger partial charge in [-0.3, -0.25) is 4.57 Å². The van der Waals surface area contributed by atoms with Crippen LogP contribution in [0.25, 0.3) is 11.1 Å². The average molecular weight is 352 g/mol. The number of nitrogens with zero attached hydrogens (tertiary/aromatic N) is 1. The van der Waals surface area contributed by atoms with Crippen molar-refractivity contribution in [3.63, 3.8) is 0 Å². The molecular formula is C16H14ClNO4S. The van der Waals surface area contributed by atoms with Gasteiger partial charge in [0.2, 0.25) is 0 Å². The summed E-state index contributed by atoms with van der Waals surface area (Å²) < 4.78 is 31.9. The zero-order chi connectivity index (χ0) is 16.8. The molecule has 1 heterocycles. The van der Waals surface area contributed by atoms with Crippen LogP contribution in [0.2, 0.25) is 5.02 Å². The standard InChI is InChI=1S/C16H14ClNO4S/c1-10-7-14-13(18(2)16(19)22-14)8-15(10)23(20,21)9-11-5-3-4-6-12(11)17/h3-8H,9H2,1-2H3. The summed E-state index contributed by atoms with van der Waals surface area (Å²) in [5.41, 5.74) is 1.87. The number of oxazole rings is 1. The summed E-state index contributed by atoms with van der Waals surface area (Å²) in [5, 5.41) is 0.408. The first kappa shape index (κ1) is 15.8. The molecule has 0 saturated heterocycles. The van der Waals surface area contributed by atoms with E-state index in [-0.39, 0.29) is 10.6 Å². The lowest BCUT2D eigenvalue weighted by molar-refractivity contribution is 0.528. The molecule has 0 N–H and O–H groups in total. The predicted octanol–water partition coefficient (Wildman–Crippen LogP) is 3.07. The molecule has 0 amide bonds. The van der Waals surface area contributed by atoms with Crippen LogP contribution in [-0.2, 0) is 22.6 Å². The highest BCUT2D eigenvalue weighted by Gasteiger charge is 2.21. The Labute approximate surface area is 138 Å². The van der Waals surface area contributed by atoms with Crippen molar-refractivity contribution < 1.29 is 12.8 Å². The second-order valence-corrected chi connectivity index (χ2v) is 7.73. The molecule has 0 bridgehead atoms. The molecule has 0 aliphatic carbocycles. The number of hydrogen-bond acceptors (Lipinski definition) is 4. The van der Waals surface area contributed by atoms with E-state index in [1.54, 1.807) is 37.3 Å². The molecule has 0 atom stereocenters. The Balaban J connectivity index is 2.15. The molecule has 0 saturated carbocycles. The van der Waals surface area contributed by atoms with Crippen molar-refractivity contribution in [2.45, 2.75) is 17.6 Å². The molecule has 23 heavy (non-hydrogen) atoms. The number of fused-ring (bicyclic) bond motifs is 1. The minimum atomic E-state index is -3.61. The number of aryl methyl sites for hydroxylation is 2. The van der Waals surface area contributed by atoms with Crippen molar-refractivity contribution >= 4 is 32.5 Å². The van der Waals surface area contributed by atoms with Crippen LogP contribution < -0.4 is 5.76 Å². The minimum Gasteiger partial charge on any atom is -0.408 e. The lowest BCUT2D eigenvalue weighted by Crippen LogP contribution is -2.10. The fourth-order valence-electron chi connectivity index (χ4n) is 2.49. The molecule has 120 valence electrons. The number of rotatable bonds is 3. The fraction of sp³-hybridized carbons (Fsp3) is 0.188. The summed E-state index contributed by atoms with van der Waals surface area (Å²) in [6.45, 7) is 1.67. The molecule has 0 unspecified atom stereocenters. The van der Waals surface area contributed by atoms with Crippen LogP contribution in [0, 0.1) is 6.92 Å². The van der Waals surface area contributed by atoms with Crippen LogP contribution in [-0.4, -0.2) is 13.0 Å². The van der Waals surface area contributed by atoms with Crippen LogP contribution in [0.5, 0.6) is 0 Å². The molecule has 0 fully saturated rings. The van der Waals surface area contributed by atoms with E-state index < -0.39 is 15.6 Å².